The summed E-state index contributed by atoms with van der Waals surface area (Å²) in [4.78, 5) is 24.9. The van der Waals surface area contributed by atoms with Crippen molar-refractivity contribution in [2.45, 2.75) is 25.3 Å². The molecule has 0 aromatic carbocycles. The fourth-order valence-electron chi connectivity index (χ4n) is 2.43. The molecule has 0 saturated carbocycles. The van der Waals surface area contributed by atoms with Crippen molar-refractivity contribution in [1.29, 1.82) is 0 Å². The van der Waals surface area contributed by atoms with E-state index in [0.717, 1.165) is 24.2 Å². The topological polar surface area (TPSA) is 49.4 Å². The van der Waals surface area contributed by atoms with Gasteiger partial charge in [-0.3, -0.25) is 14.9 Å². The minimum absolute atomic E-state index is 0.182. The predicted octanol–water partition coefficient (Wildman–Crippen LogP) is 1.12. The second-order valence-corrected chi connectivity index (χ2v) is 4.23. The van der Waals surface area contributed by atoms with Gasteiger partial charge in [0, 0.05) is 18.7 Å². The average molecular weight is 232 g/mol. The van der Waals surface area contributed by atoms with Gasteiger partial charge in [-0.15, -0.1) is 0 Å². The van der Waals surface area contributed by atoms with Crippen LogP contribution in [0.4, 0.5) is 0 Å². The summed E-state index contributed by atoms with van der Waals surface area (Å²) in [5.41, 5.74) is 2.08. The first kappa shape index (κ1) is 11.6. The Hall–Kier alpha value is -1.84. The van der Waals surface area contributed by atoms with Crippen molar-refractivity contribution >= 4 is 11.8 Å². The second kappa shape index (κ2) is 4.57. The molecule has 1 saturated heterocycles. The number of piperidine rings is 1. The summed E-state index contributed by atoms with van der Waals surface area (Å²) in [6.07, 6.45) is 5.42. The Kier molecular flexibility index (Phi) is 3.13. The van der Waals surface area contributed by atoms with Gasteiger partial charge in [-0.05, 0) is 24.5 Å². The predicted molar refractivity (Wildman–Crippen MR) is 64.9 cm³/mol. The molecule has 0 aromatic heterocycles. The molecule has 4 heteroatoms. The van der Waals surface area contributed by atoms with Gasteiger partial charge in [0.2, 0.25) is 11.8 Å². The Balaban J connectivity index is 2.21. The number of rotatable bonds is 3. The summed E-state index contributed by atoms with van der Waals surface area (Å²) in [5.74, 6) is -0.385. The lowest BCUT2D eigenvalue weighted by Crippen LogP contribution is -2.51. The van der Waals surface area contributed by atoms with Crippen LogP contribution in [0.5, 0.6) is 0 Å². The van der Waals surface area contributed by atoms with E-state index in [1.165, 1.54) is 0 Å². The molecule has 0 bridgehead atoms. The van der Waals surface area contributed by atoms with Gasteiger partial charge in [0.1, 0.15) is 6.04 Å². The van der Waals surface area contributed by atoms with Gasteiger partial charge in [-0.1, -0.05) is 19.2 Å². The summed E-state index contributed by atoms with van der Waals surface area (Å²) in [7, 11) is 0. The van der Waals surface area contributed by atoms with Gasteiger partial charge in [0.25, 0.3) is 0 Å². The minimum atomic E-state index is -0.252. The van der Waals surface area contributed by atoms with Crippen LogP contribution >= 0.6 is 0 Å². The normalized spacial score (nSPS) is 24.9. The number of hydrogen-bond acceptors (Lipinski definition) is 3. The molecule has 0 radical (unpaired) electrons. The summed E-state index contributed by atoms with van der Waals surface area (Å²) in [6.45, 7) is 8.33. The Bertz CT molecular complexity index is 423. The van der Waals surface area contributed by atoms with Crippen molar-refractivity contribution in [3.05, 3.63) is 36.6 Å². The number of carbonyl (C=O) groups is 2. The van der Waals surface area contributed by atoms with Crippen LogP contribution in [-0.2, 0) is 9.59 Å². The molecule has 2 amide bonds. The highest BCUT2D eigenvalue weighted by molar-refractivity contribution is 6.00. The fourth-order valence-corrected chi connectivity index (χ4v) is 2.43. The van der Waals surface area contributed by atoms with Crippen molar-refractivity contribution in [2.75, 3.05) is 6.54 Å². The number of amides is 2. The molecule has 1 fully saturated rings. The Morgan fingerprint density at radius 1 is 1.24 bits per heavy atom. The SMILES string of the molecule is C=CC1=C(C=C)N(C2CCC(=O)NC2=O)CC1. The largest absolute Gasteiger partial charge is 0.359 e. The van der Waals surface area contributed by atoms with Gasteiger partial charge < -0.3 is 4.90 Å². The summed E-state index contributed by atoms with van der Waals surface area (Å²) < 4.78 is 0. The zero-order chi connectivity index (χ0) is 12.4. The van der Waals surface area contributed by atoms with Crippen LogP contribution in [-0.4, -0.2) is 29.3 Å². The lowest BCUT2D eigenvalue weighted by molar-refractivity contribution is -0.136. The first-order chi connectivity index (χ1) is 8.17. The molecule has 0 aliphatic carbocycles. The zero-order valence-electron chi connectivity index (χ0n) is 9.74. The van der Waals surface area contributed by atoms with Crippen LogP contribution in [0.15, 0.2) is 36.6 Å². The molecule has 0 spiro atoms. The first-order valence-electron chi connectivity index (χ1n) is 5.75. The number of allylic oxidation sites excluding steroid dienone is 2. The molecule has 0 aromatic rings. The van der Waals surface area contributed by atoms with E-state index in [1.807, 2.05) is 11.0 Å². The van der Waals surface area contributed by atoms with E-state index >= 15 is 0 Å². The maximum atomic E-state index is 11.8. The standard InChI is InChI=1S/C13H16N2O2/c1-3-9-7-8-15(10(9)4-2)11-5-6-12(16)14-13(11)17/h3-4,11H,1-2,5-8H2,(H,14,16,17). The molecule has 2 aliphatic heterocycles. The zero-order valence-corrected chi connectivity index (χ0v) is 9.74. The maximum absolute atomic E-state index is 11.8. The van der Waals surface area contributed by atoms with Crippen LogP contribution < -0.4 is 5.32 Å². The van der Waals surface area contributed by atoms with Crippen molar-refractivity contribution in [2.24, 2.45) is 0 Å². The third kappa shape index (κ3) is 2.02. The summed E-state index contributed by atoms with van der Waals surface area (Å²) >= 11 is 0. The highest BCUT2D eigenvalue weighted by Gasteiger charge is 2.34. The van der Waals surface area contributed by atoms with E-state index in [9.17, 15) is 9.59 Å². The van der Waals surface area contributed by atoms with Crippen molar-refractivity contribution < 1.29 is 9.59 Å². The number of imide groups is 1. The lowest BCUT2D eigenvalue weighted by atomic mass is 10.0. The van der Waals surface area contributed by atoms with E-state index in [-0.39, 0.29) is 17.9 Å². The van der Waals surface area contributed by atoms with E-state index in [1.54, 1.807) is 6.08 Å². The molecule has 2 rings (SSSR count). The van der Waals surface area contributed by atoms with Crippen LogP contribution in [0.25, 0.3) is 0 Å². The smallest absolute Gasteiger partial charge is 0.249 e. The Morgan fingerprint density at radius 2 is 2.00 bits per heavy atom. The fraction of sp³-hybridized carbons (Fsp3) is 0.385. The van der Waals surface area contributed by atoms with Crippen LogP contribution in [0.2, 0.25) is 0 Å². The number of carbonyl (C=O) groups excluding carboxylic acids is 2. The molecular weight excluding hydrogens is 216 g/mol. The van der Waals surface area contributed by atoms with Crippen molar-refractivity contribution in [3.8, 4) is 0 Å². The van der Waals surface area contributed by atoms with E-state index in [2.05, 4.69) is 18.5 Å². The molecule has 2 heterocycles. The first-order valence-corrected chi connectivity index (χ1v) is 5.75. The third-order valence-corrected chi connectivity index (χ3v) is 3.29. The van der Waals surface area contributed by atoms with Gasteiger partial charge in [-0.25, -0.2) is 0 Å². The molecule has 1 atom stereocenters. The molecule has 17 heavy (non-hydrogen) atoms. The van der Waals surface area contributed by atoms with Gasteiger partial charge in [0.05, 0.1) is 0 Å². The highest BCUT2D eigenvalue weighted by atomic mass is 16.2. The van der Waals surface area contributed by atoms with E-state index in [4.69, 9.17) is 0 Å². The third-order valence-electron chi connectivity index (χ3n) is 3.29. The summed E-state index contributed by atoms with van der Waals surface area (Å²) in [6, 6.07) is -0.252. The molecule has 1 N–H and O–H groups in total. The number of nitrogens with one attached hydrogen (secondary N) is 1. The lowest BCUT2D eigenvalue weighted by Gasteiger charge is -2.32. The monoisotopic (exact) mass is 232 g/mol. The number of hydrogen-bond donors (Lipinski definition) is 1. The highest BCUT2D eigenvalue weighted by Crippen LogP contribution is 2.29. The minimum Gasteiger partial charge on any atom is -0.359 e. The van der Waals surface area contributed by atoms with E-state index in [0.29, 0.717) is 12.8 Å². The molecule has 2 aliphatic rings. The van der Waals surface area contributed by atoms with Crippen molar-refractivity contribution in [1.82, 2.24) is 10.2 Å². The van der Waals surface area contributed by atoms with Crippen LogP contribution in [0.3, 0.4) is 0 Å². The average Bonchev–Trinajstić information content (AvgIpc) is 2.71. The maximum Gasteiger partial charge on any atom is 0.249 e. The Labute approximate surface area is 101 Å². The molecule has 1 unspecified atom stereocenters. The van der Waals surface area contributed by atoms with Gasteiger partial charge in [-0.2, -0.15) is 0 Å². The van der Waals surface area contributed by atoms with Gasteiger partial charge in [0.15, 0.2) is 0 Å². The number of nitrogens with zero attached hydrogens (tertiary/aromatic N) is 1. The Morgan fingerprint density at radius 3 is 2.59 bits per heavy atom. The van der Waals surface area contributed by atoms with E-state index < -0.39 is 0 Å². The van der Waals surface area contributed by atoms with Crippen molar-refractivity contribution in [3.63, 3.8) is 0 Å². The quantitative estimate of drug-likeness (QED) is 0.742. The molecule has 90 valence electrons. The summed E-state index contributed by atoms with van der Waals surface area (Å²) in [5, 5.41) is 2.38. The van der Waals surface area contributed by atoms with Crippen LogP contribution in [0, 0.1) is 0 Å². The second-order valence-electron chi connectivity index (χ2n) is 4.23. The van der Waals surface area contributed by atoms with Gasteiger partial charge >= 0.3 is 0 Å². The van der Waals surface area contributed by atoms with Crippen LogP contribution in [0.1, 0.15) is 19.3 Å². The molecule has 4 nitrogen and oxygen atoms in total. The molecular formula is C13H16N2O2.